The summed E-state index contributed by atoms with van der Waals surface area (Å²) in [6.45, 7) is 1.64. The average Bonchev–Trinajstić information content (AvgIpc) is 3.21. The Morgan fingerprint density at radius 1 is 1.10 bits per heavy atom. The second kappa shape index (κ2) is 8.83. The summed E-state index contributed by atoms with van der Waals surface area (Å²) in [4.78, 5) is 42.3. The van der Waals surface area contributed by atoms with Gasteiger partial charge in [0, 0.05) is 33.6 Å². The quantitative estimate of drug-likeness (QED) is 0.418. The molecule has 31 heavy (non-hydrogen) atoms. The minimum Gasteiger partial charge on any atom is -0.326 e. The lowest BCUT2D eigenvalue weighted by Gasteiger charge is -2.07. The van der Waals surface area contributed by atoms with E-state index in [0.717, 1.165) is 11.1 Å². The molecule has 0 unspecified atom stereocenters. The van der Waals surface area contributed by atoms with Crippen molar-refractivity contribution < 1.29 is 9.59 Å². The third-order valence-electron chi connectivity index (χ3n) is 4.84. The van der Waals surface area contributed by atoms with E-state index in [4.69, 9.17) is 11.6 Å². The Morgan fingerprint density at radius 2 is 1.81 bits per heavy atom. The highest BCUT2D eigenvalue weighted by molar-refractivity contribution is 7.17. The second-order valence-electron chi connectivity index (χ2n) is 6.92. The molecule has 6 nitrogen and oxygen atoms in total. The minimum atomic E-state index is -0.267. The Hall–Kier alpha value is -3.29. The number of benzene rings is 2. The molecule has 8 heteroatoms. The monoisotopic (exact) mass is 451 g/mol. The van der Waals surface area contributed by atoms with Gasteiger partial charge in [0.2, 0.25) is 5.91 Å². The van der Waals surface area contributed by atoms with Gasteiger partial charge in [-0.25, -0.2) is 4.98 Å². The maximum Gasteiger partial charge on any atom is 0.263 e. The molecule has 0 saturated carbocycles. The number of thiophene rings is 1. The van der Waals surface area contributed by atoms with Gasteiger partial charge in [-0.1, -0.05) is 30.7 Å². The van der Waals surface area contributed by atoms with Crippen LogP contribution in [0.5, 0.6) is 0 Å². The van der Waals surface area contributed by atoms with Gasteiger partial charge in [-0.05, 0) is 42.0 Å². The largest absolute Gasteiger partial charge is 0.326 e. The van der Waals surface area contributed by atoms with Crippen molar-refractivity contribution in [2.45, 2.75) is 19.9 Å². The molecule has 0 fully saturated rings. The van der Waals surface area contributed by atoms with E-state index in [1.165, 1.54) is 22.2 Å². The highest BCUT2D eigenvalue weighted by atomic mass is 35.5. The third kappa shape index (κ3) is 4.42. The summed E-state index contributed by atoms with van der Waals surface area (Å²) in [6, 6.07) is 13.8. The Morgan fingerprint density at radius 3 is 2.48 bits per heavy atom. The van der Waals surface area contributed by atoms with Gasteiger partial charge in [-0.15, -0.1) is 11.3 Å². The fourth-order valence-electron chi connectivity index (χ4n) is 3.16. The molecule has 0 spiro atoms. The molecule has 2 aromatic carbocycles. The first-order valence-electron chi connectivity index (χ1n) is 9.62. The van der Waals surface area contributed by atoms with Crippen molar-refractivity contribution in [1.29, 1.82) is 0 Å². The molecule has 0 aliphatic carbocycles. The van der Waals surface area contributed by atoms with E-state index in [1.807, 2.05) is 17.5 Å². The number of aromatic nitrogens is 2. The second-order valence-corrected chi connectivity index (χ2v) is 8.21. The van der Waals surface area contributed by atoms with Crippen molar-refractivity contribution in [3.05, 3.63) is 81.2 Å². The minimum absolute atomic E-state index is 0.0998. The number of nitrogens with zero attached hydrogens (tertiary/aromatic N) is 2. The Labute approximate surface area is 187 Å². The molecule has 4 rings (SSSR count). The maximum atomic E-state index is 13.1. The number of anilines is 1. The lowest BCUT2D eigenvalue weighted by atomic mass is 10.1. The van der Waals surface area contributed by atoms with Crippen molar-refractivity contribution in [3.63, 3.8) is 0 Å². The molecule has 0 atom stereocenters. The third-order valence-corrected chi connectivity index (χ3v) is 5.98. The summed E-state index contributed by atoms with van der Waals surface area (Å²) in [5, 5.41) is 5.72. The van der Waals surface area contributed by atoms with Gasteiger partial charge in [0.1, 0.15) is 4.83 Å². The van der Waals surface area contributed by atoms with E-state index in [-0.39, 0.29) is 23.8 Å². The van der Waals surface area contributed by atoms with Crippen LogP contribution in [-0.4, -0.2) is 21.2 Å². The average molecular weight is 452 g/mol. The van der Waals surface area contributed by atoms with E-state index in [1.54, 1.807) is 43.3 Å². The summed E-state index contributed by atoms with van der Waals surface area (Å²) in [5.74, 6) is -0.322. The number of carbonyl (C=O) groups is 2. The van der Waals surface area contributed by atoms with Crippen LogP contribution in [-0.2, 0) is 11.3 Å². The zero-order chi connectivity index (χ0) is 22.0. The molecule has 2 aromatic heterocycles. The molecule has 1 N–H and O–H groups in total. The van der Waals surface area contributed by atoms with Gasteiger partial charge in [-0.3, -0.25) is 19.0 Å². The number of halogens is 1. The molecular weight excluding hydrogens is 434 g/mol. The fourth-order valence-corrected chi connectivity index (χ4v) is 4.19. The fraction of sp³-hybridized carbons (Fsp3) is 0.130. The number of ketones is 1. The van der Waals surface area contributed by atoms with Crippen LogP contribution in [0.3, 0.4) is 0 Å². The first kappa shape index (κ1) is 21.0. The highest BCUT2D eigenvalue weighted by Gasteiger charge is 2.15. The van der Waals surface area contributed by atoms with Crippen molar-refractivity contribution in [1.82, 2.24) is 9.55 Å². The van der Waals surface area contributed by atoms with Crippen molar-refractivity contribution in [2.24, 2.45) is 0 Å². The standard InChI is InChI=1S/C23H18ClN3O3S/c1-2-20(29)26-17-9-5-15(6-10-17)19(28)11-27-13-25-22-21(23(27)30)18(12-31-22)14-3-7-16(24)8-4-14/h3-10,12-13H,2,11H2,1H3,(H,26,29). The number of amides is 1. The molecule has 4 aromatic rings. The molecular formula is C23H18ClN3O3S. The summed E-state index contributed by atoms with van der Waals surface area (Å²) in [7, 11) is 0. The maximum absolute atomic E-state index is 13.1. The van der Waals surface area contributed by atoms with Gasteiger partial charge >= 0.3 is 0 Å². The number of Topliss-reactive ketones (excluding diaryl/α,β-unsaturated/α-hetero) is 1. The molecule has 0 radical (unpaired) electrons. The first-order valence-corrected chi connectivity index (χ1v) is 10.9. The van der Waals surface area contributed by atoms with Gasteiger partial charge < -0.3 is 5.32 Å². The topological polar surface area (TPSA) is 81.1 Å². The number of nitrogens with one attached hydrogen (secondary N) is 1. The van der Waals surface area contributed by atoms with Crippen molar-refractivity contribution in [2.75, 3.05) is 5.32 Å². The van der Waals surface area contributed by atoms with Gasteiger partial charge in [0.25, 0.3) is 5.56 Å². The van der Waals surface area contributed by atoms with Gasteiger partial charge in [-0.2, -0.15) is 0 Å². The van der Waals surface area contributed by atoms with Crippen LogP contribution in [0.4, 0.5) is 5.69 Å². The Kier molecular flexibility index (Phi) is 5.97. The van der Waals surface area contributed by atoms with Crippen LogP contribution in [0.15, 0.2) is 65.0 Å². The Balaban J connectivity index is 1.61. The summed E-state index contributed by atoms with van der Waals surface area (Å²) in [5.41, 5.74) is 2.44. The SMILES string of the molecule is CCC(=O)Nc1ccc(C(=O)Cn2cnc3scc(-c4ccc(Cl)cc4)c3c2=O)cc1. The lowest BCUT2D eigenvalue weighted by molar-refractivity contribution is -0.115. The van der Waals surface area contributed by atoms with E-state index in [0.29, 0.717) is 32.9 Å². The predicted molar refractivity (Wildman–Crippen MR) is 124 cm³/mol. The van der Waals surface area contributed by atoms with E-state index in [9.17, 15) is 14.4 Å². The number of rotatable bonds is 6. The molecule has 156 valence electrons. The number of hydrogen-bond acceptors (Lipinski definition) is 5. The van der Waals surface area contributed by atoms with Crippen LogP contribution in [0.25, 0.3) is 21.3 Å². The van der Waals surface area contributed by atoms with Crippen LogP contribution in [0.2, 0.25) is 5.02 Å². The van der Waals surface area contributed by atoms with Crippen LogP contribution >= 0.6 is 22.9 Å². The molecule has 0 aliphatic heterocycles. The molecule has 0 saturated heterocycles. The van der Waals surface area contributed by atoms with Crippen molar-refractivity contribution in [3.8, 4) is 11.1 Å². The van der Waals surface area contributed by atoms with E-state index >= 15 is 0 Å². The zero-order valence-corrected chi connectivity index (χ0v) is 18.2. The van der Waals surface area contributed by atoms with Gasteiger partial charge in [0.05, 0.1) is 18.3 Å². The summed E-state index contributed by atoms with van der Waals surface area (Å²) < 4.78 is 1.32. The van der Waals surface area contributed by atoms with Crippen molar-refractivity contribution >= 4 is 50.5 Å². The zero-order valence-electron chi connectivity index (χ0n) is 16.6. The molecule has 1 amide bonds. The van der Waals surface area contributed by atoms with Crippen LogP contribution < -0.4 is 10.9 Å². The van der Waals surface area contributed by atoms with Crippen LogP contribution in [0.1, 0.15) is 23.7 Å². The Bertz CT molecular complexity index is 1330. The molecule has 0 bridgehead atoms. The summed E-state index contributed by atoms with van der Waals surface area (Å²) >= 11 is 7.35. The first-order chi connectivity index (χ1) is 15.0. The summed E-state index contributed by atoms with van der Waals surface area (Å²) in [6.07, 6.45) is 1.78. The molecule has 2 heterocycles. The van der Waals surface area contributed by atoms with Gasteiger partial charge in [0.15, 0.2) is 5.78 Å². The normalized spacial score (nSPS) is 10.9. The highest BCUT2D eigenvalue weighted by Crippen LogP contribution is 2.31. The van der Waals surface area contributed by atoms with E-state index in [2.05, 4.69) is 10.3 Å². The molecule has 0 aliphatic rings. The smallest absolute Gasteiger partial charge is 0.263 e. The number of carbonyl (C=O) groups excluding carboxylic acids is 2. The van der Waals surface area contributed by atoms with E-state index < -0.39 is 0 Å². The number of fused-ring (bicyclic) bond motifs is 1. The van der Waals surface area contributed by atoms with Crippen LogP contribution in [0, 0.1) is 0 Å². The predicted octanol–water partition coefficient (Wildman–Crippen LogP) is 5.01. The number of hydrogen-bond donors (Lipinski definition) is 1. The lowest BCUT2D eigenvalue weighted by Crippen LogP contribution is -2.24.